The third-order valence-corrected chi connectivity index (χ3v) is 3.58. The van der Waals surface area contributed by atoms with Gasteiger partial charge in [-0.3, -0.25) is 0 Å². The molecule has 0 radical (unpaired) electrons. The van der Waals surface area contributed by atoms with Crippen LogP contribution in [-0.4, -0.2) is 18.6 Å². The van der Waals surface area contributed by atoms with Crippen LogP contribution >= 0.6 is 0 Å². The van der Waals surface area contributed by atoms with Gasteiger partial charge in [0.05, 0.1) is 30.1 Å². The number of rotatable bonds is 1. The zero-order valence-electron chi connectivity index (χ0n) is 11.0. The van der Waals surface area contributed by atoms with Crippen molar-refractivity contribution in [2.75, 3.05) is 13.7 Å². The highest BCUT2D eigenvalue weighted by molar-refractivity contribution is 5.91. The van der Waals surface area contributed by atoms with Gasteiger partial charge in [0.25, 0.3) is 0 Å². The van der Waals surface area contributed by atoms with Crippen LogP contribution in [0.2, 0.25) is 0 Å². The van der Waals surface area contributed by atoms with Gasteiger partial charge in [-0.15, -0.1) is 0 Å². The first kappa shape index (κ1) is 11.7. The molecule has 0 aliphatic carbocycles. The maximum absolute atomic E-state index is 9.09. The summed E-state index contributed by atoms with van der Waals surface area (Å²) in [5, 5.41) is 13.6. The van der Waals surface area contributed by atoms with Gasteiger partial charge in [-0.1, -0.05) is 0 Å². The van der Waals surface area contributed by atoms with Crippen molar-refractivity contribution in [3.63, 3.8) is 0 Å². The summed E-state index contributed by atoms with van der Waals surface area (Å²) in [6, 6.07) is 8.23. The standard InChI is InChI=1S/C15H15N3O/c1-9(8-16)14-15-11(5-6-17-14)12-7-10(19-2)3-4-13(12)18-15/h3-4,7,17-18H,5-6H2,1-2H3/b14-9-. The van der Waals surface area contributed by atoms with Crippen molar-refractivity contribution >= 4 is 16.6 Å². The fourth-order valence-electron chi connectivity index (χ4n) is 2.60. The molecule has 2 heterocycles. The highest BCUT2D eigenvalue weighted by Crippen LogP contribution is 2.32. The van der Waals surface area contributed by atoms with Crippen LogP contribution in [0.1, 0.15) is 18.2 Å². The molecule has 0 amide bonds. The van der Waals surface area contributed by atoms with Gasteiger partial charge in [-0.2, -0.15) is 5.26 Å². The lowest BCUT2D eigenvalue weighted by molar-refractivity contribution is 0.415. The van der Waals surface area contributed by atoms with Gasteiger partial charge in [0.15, 0.2) is 0 Å². The van der Waals surface area contributed by atoms with Crippen LogP contribution in [0.3, 0.4) is 0 Å². The molecule has 1 aliphatic rings. The van der Waals surface area contributed by atoms with Gasteiger partial charge in [-0.25, -0.2) is 0 Å². The summed E-state index contributed by atoms with van der Waals surface area (Å²) in [6.45, 7) is 2.69. The third kappa shape index (κ3) is 1.75. The van der Waals surface area contributed by atoms with Crippen LogP contribution in [0.15, 0.2) is 23.8 Å². The predicted octanol–water partition coefficient (Wildman–Crippen LogP) is 2.58. The molecule has 0 saturated heterocycles. The Kier molecular flexibility index (Phi) is 2.68. The smallest absolute Gasteiger partial charge is 0.119 e. The Morgan fingerprint density at radius 3 is 3.00 bits per heavy atom. The molecule has 0 spiro atoms. The van der Waals surface area contributed by atoms with Gasteiger partial charge in [0.1, 0.15) is 5.75 Å². The van der Waals surface area contributed by atoms with Gasteiger partial charge in [0.2, 0.25) is 0 Å². The lowest BCUT2D eigenvalue weighted by Crippen LogP contribution is -2.23. The van der Waals surface area contributed by atoms with Crippen molar-refractivity contribution in [3.8, 4) is 11.8 Å². The lowest BCUT2D eigenvalue weighted by atomic mass is 10.0. The van der Waals surface area contributed by atoms with Crippen molar-refractivity contribution in [2.45, 2.75) is 13.3 Å². The zero-order valence-corrected chi connectivity index (χ0v) is 11.0. The van der Waals surface area contributed by atoms with Crippen molar-refractivity contribution in [2.24, 2.45) is 0 Å². The first-order valence-electron chi connectivity index (χ1n) is 6.28. The number of hydrogen-bond donors (Lipinski definition) is 2. The van der Waals surface area contributed by atoms with Crippen molar-refractivity contribution in [1.82, 2.24) is 10.3 Å². The number of nitrogens with zero attached hydrogens (tertiary/aromatic N) is 1. The summed E-state index contributed by atoms with van der Waals surface area (Å²) >= 11 is 0. The Bertz CT molecular complexity index is 719. The summed E-state index contributed by atoms with van der Waals surface area (Å²) in [4.78, 5) is 3.41. The summed E-state index contributed by atoms with van der Waals surface area (Å²) in [5.41, 5.74) is 5.00. The van der Waals surface area contributed by atoms with Crippen LogP contribution in [0.5, 0.6) is 5.75 Å². The topological polar surface area (TPSA) is 60.8 Å². The molecule has 1 aliphatic heterocycles. The highest BCUT2D eigenvalue weighted by Gasteiger charge is 2.20. The molecule has 3 rings (SSSR count). The monoisotopic (exact) mass is 253 g/mol. The quantitative estimate of drug-likeness (QED) is 0.768. The number of nitriles is 1. The van der Waals surface area contributed by atoms with Crippen molar-refractivity contribution < 1.29 is 4.74 Å². The molecule has 2 aromatic rings. The molecule has 0 fully saturated rings. The normalized spacial score (nSPS) is 16.5. The molecule has 0 saturated carbocycles. The molecule has 0 atom stereocenters. The van der Waals surface area contributed by atoms with Crippen LogP contribution in [0.4, 0.5) is 0 Å². The Labute approximate surface area is 111 Å². The highest BCUT2D eigenvalue weighted by atomic mass is 16.5. The number of methoxy groups -OCH3 is 1. The first-order chi connectivity index (χ1) is 9.24. The van der Waals surface area contributed by atoms with Crippen molar-refractivity contribution in [3.05, 3.63) is 35.0 Å². The van der Waals surface area contributed by atoms with E-state index in [2.05, 4.69) is 22.4 Å². The van der Waals surface area contributed by atoms with Gasteiger partial charge in [-0.05, 0) is 37.1 Å². The number of nitrogens with one attached hydrogen (secondary N) is 2. The lowest BCUT2D eigenvalue weighted by Gasteiger charge is -2.18. The average molecular weight is 253 g/mol. The molecule has 1 aromatic carbocycles. The van der Waals surface area contributed by atoms with E-state index in [1.807, 2.05) is 19.1 Å². The fraction of sp³-hybridized carbons (Fsp3) is 0.267. The zero-order chi connectivity index (χ0) is 13.4. The molecule has 96 valence electrons. The Balaban J connectivity index is 2.28. The number of aromatic nitrogens is 1. The fourth-order valence-corrected chi connectivity index (χ4v) is 2.60. The van der Waals surface area contributed by atoms with Crippen LogP contribution < -0.4 is 10.1 Å². The second-order valence-electron chi connectivity index (χ2n) is 4.68. The molecule has 19 heavy (non-hydrogen) atoms. The van der Waals surface area contributed by atoms with E-state index in [1.54, 1.807) is 7.11 Å². The van der Waals surface area contributed by atoms with Crippen LogP contribution in [0.25, 0.3) is 16.6 Å². The van der Waals surface area contributed by atoms with E-state index in [0.717, 1.165) is 35.6 Å². The number of H-pyrrole nitrogens is 1. The molecule has 4 nitrogen and oxygen atoms in total. The van der Waals surface area contributed by atoms with Gasteiger partial charge in [0, 0.05) is 17.4 Å². The minimum Gasteiger partial charge on any atom is -0.497 e. The summed E-state index contributed by atoms with van der Waals surface area (Å²) in [5.74, 6) is 0.857. The van der Waals surface area contributed by atoms with E-state index >= 15 is 0 Å². The number of fused-ring (bicyclic) bond motifs is 3. The molecule has 1 aromatic heterocycles. The minimum absolute atomic E-state index is 0.708. The van der Waals surface area contributed by atoms with Gasteiger partial charge < -0.3 is 15.0 Å². The molecular formula is C15H15N3O. The Morgan fingerprint density at radius 2 is 2.26 bits per heavy atom. The SMILES string of the molecule is COc1ccc2[nH]c3c(c2c1)CCN/C3=C(/C)C#N. The van der Waals surface area contributed by atoms with E-state index in [4.69, 9.17) is 10.00 Å². The molecule has 0 bridgehead atoms. The van der Waals surface area contributed by atoms with Crippen LogP contribution in [0, 0.1) is 11.3 Å². The number of aromatic amines is 1. The molecular weight excluding hydrogens is 238 g/mol. The summed E-state index contributed by atoms with van der Waals surface area (Å²) in [7, 11) is 1.67. The van der Waals surface area contributed by atoms with E-state index in [1.165, 1.54) is 10.9 Å². The summed E-state index contributed by atoms with van der Waals surface area (Å²) < 4.78 is 5.28. The predicted molar refractivity (Wildman–Crippen MR) is 74.8 cm³/mol. The largest absolute Gasteiger partial charge is 0.497 e. The molecule has 2 N–H and O–H groups in total. The number of allylic oxidation sites excluding steroid dienone is 1. The van der Waals surface area contributed by atoms with Crippen molar-refractivity contribution in [1.29, 1.82) is 5.26 Å². The van der Waals surface area contributed by atoms with E-state index in [0.29, 0.717) is 5.57 Å². The number of ether oxygens (including phenoxy) is 1. The third-order valence-electron chi connectivity index (χ3n) is 3.58. The molecule has 4 heteroatoms. The van der Waals surface area contributed by atoms with E-state index in [9.17, 15) is 0 Å². The van der Waals surface area contributed by atoms with E-state index in [-0.39, 0.29) is 0 Å². The molecule has 0 unspecified atom stereocenters. The average Bonchev–Trinajstić information content (AvgIpc) is 2.83. The maximum atomic E-state index is 9.09. The Hall–Kier alpha value is -2.41. The maximum Gasteiger partial charge on any atom is 0.119 e. The Morgan fingerprint density at radius 1 is 1.42 bits per heavy atom. The second kappa shape index (κ2) is 4.36. The minimum atomic E-state index is 0.708. The first-order valence-corrected chi connectivity index (χ1v) is 6.28. The van der Waals surface area contributed by atoms with Gasteiger partial charge >= 0.3 is 0 Å². The summed E-state index contributed by atoms with van der Waals surface area (Å²) in [6.07, 6.45) is 0.949. The number of benzene rings is 1. The second-order valence-corrected chi connectivity index (χ2v) is 4.68. The number of hydrogen-bond acceptors (Lipinski definition) is 3. The van der Waals surface area contributed by atoms with Crippen LogP contribution in [-0.2, 0) is 6.42 Å². The van der Waals surface area contributed by atoms with E-state index < -0.39 is 0 Å².